The summed E-state index contributed by atoms with van der Waals surface area (Å²) < 4.78 is 0. The third-order valence-corrected chi connectivity index (χ3v) is 6.54. The Morgan fingerprint density at radius 3 is 2.03 bits per heavy atom. The minimum Gasteiger partial charge on any atom is -0.352 e. The van der Waals surface area contributed by atoms with Crippen LogP contribution in [0.3, 0.4) is 0 Å². The zero-order chi connectivity index (χ0) is 23.8. The molecule has 0 aliphatic carbocycles. The van der Waals surface area contributed by atoms with Crippen molar-refractivity contribution in [1.82, 2.24) is 15.5 Å². The molecule has 2 atom stereocenters. The van der Waals surface area contributed by atoms with Crippen molar-refractivity contribution in [3.05, 3.63) is 71.8 Å². The largest absolute Gasteiger partial charge is 0.352 e. The minimum atomic E-state index is -0.634. The predicted octanol–water partition coefficient (Wildman–Crippen LogP) is 3.43. The number of carbonyl (C=O) groups is 3. The first-order chi connectivity index (χ1) is 15.8. The summed E-state index contributed by atoms with van der Waals surface area (Å²) in [5.41, 5.74) is 1.53. The molecule has 2 N–H and O–H groups in total. The Bertz CT molecular complexity index is 922. The summed E-state index contributed by atoms with van der Waals surface area (Å²) in [6.07, 6.45) is 1.72. The molecule has 2 aromatic carbocycles. The molecule has 0 aromatic heterocycles. The number of likely N-dealkylation sites (tertiary alicyclic amines) is 1. The van der Waals surface area contributed by atoms with Crippen molar-refractivity contribution < 1.29 is 14.4 Å². The molecule has 33 heavy (non-hydrogen) atoms. The molecule has 0 radical (unpaired) electrons. The lowest BCUT2D eigenvalue weighted by Crippen LogP contribution is -2.55. The molecule has 3 rings (SSSR count). The van der Waals surface area contributed by atoms with Gasteiger partial charge in [0, 0.05) is 24.7 Å². The second-order valence-corrected chi connectivity index (χ2v) is 9.24. The van der Waals surface area contributed by atoms with Crippen molar-refractivity contribution in [2.45, 2.75) is 52.1 Å². The van der Waals surface area contributed by atoms with Crippen molar-refractivity contribution in [1.29, 1.82) is 0 Å². The van der Waals surface area contributed by atoms with E-state index >= 15 is 0 Å². The standard InChI is InChI=1S/C27H35N3O3/c1-19(2)20(3)28-27(33)25(29-26(32)23-12-8-5-9-13-23)22-14-16-30(17-15-22)24(31)18-21-10-6-4-7-11-21/h4-13,19-20,22,25H,14-18H2,1-3H3,(H,28,33)(H,29,32)/t20-,25+/m1/s1. The van der Waals surface area contributed by atoms with Gasteiger partial charge in [-0.25, -0.2) is 0 Å². The molecule has 1 aliphatic heterocycles. The summed E-state index contributed by atoms with van der Waals surface area (Å²) in [4.78, 5) is 40.6. The van der Waals surface area contributed by atoms with Gasteiger partial charge < -0.3 is 15.5 Å². The van der Waals surface area contributed by atoms with E-state index in [0.717, 1.165) is 5.56 Å². The van der Waals surface area contributed by atoms with Crippen molar-refractivity contribution in [2.24, 2.45) is 11.8 Å². The first-order valence-corrected chi connectivity index (χ1v) is 11.8. The molecular weight excluding hydrogens is 414 g/mol. The number of benzene rings is 2. The van der Waals surface area contributed by atoms with E-state index in [-0.39, 0.29) is 35.6 Å². The number of hydrogen-bond donors (Lipinski definition) is 2. The third kappa shape index (κ3) is 6.91. The topological polar surface area (TPSA) is 78.5 Å². The molecule has 0 spiro atoms. The minimum absolute atomic E-state index is 0.00108. The molecule has 2 aromatic rings. The lowest BCUT2D eigenvalue weighted by Gasteiger charge is -2.36. The normalized spacial score (nSPS) is 16.2. The van der Waals surface area contributed by atoms with E-state index in [4.69, 9.17) is 0 Å². The van der Waals surface area contributed by atoms with Crippen molar-refractivity contribution in [3.63, 3.8) is 0 Å². The van der Waals surface area contributed by atoms with Gasteiger partial charge in [0.15, 0.2) is 0 Å². The smallest absolute Gasteiger partial charge is 0.251 e. The highest BCUT2D eigenvalue weighted by Gasteiger charge is 2.34. The second-order valence-electron chi connectivity index (χ2n) is 9.24. The summed E-state index contributed by atoms with van der Waals surface area (Å²) in [7, 11) is 0. The number of carbonyl (C=O) groups excluding carboxylic acids is 3. The fraction of sp³-hybridized carbons (Fsp3) is 0.444. The van der Waals surface area contributed by atoms with E-state index in [1.54, 1.807) is 12.1 Å². The predicted molar refractivity (Wildman–Crippen MR) is 130 cm³/mol. The number of nitrogens with one attached hydrogen (secondary N) is 2. The maximum Gasteiger partial charge on any atom is 0.251 e. The zero-order valence-electron chi connectivity index (χ0n) is 19.8. The summed E-state index contributed by atoms with van der Waals surface area (Å²) >= 11 is 0. The van der Waals surface area contributed by atoms with E-state index in [2.05, 4.69) is 24.5 Å². The van der Waals surface area contributed by atoms with Gasteiger partial charge in [-0.05, 0) is 49.3 Å². The number of amides is 3. The van der Waals surface area contributed by atoms with Crippen LogP contribution in [-0.2, 0) is 16.0 Å². The lowest BCUT2D eigenvalue weighted by molar-refractivity contribution is -0.132. The van der Waals surface area contributed by atoms with Gasteiger partial charge in [0.2, 0.25) is 11.8 Å². The van der Waals surface area contributed by atoms with E-state index in [0.29, 0.717) is 37.9 Å². The van der Waals surface area contributed by atoms with Crippen molar-refractivity contribution >= 4 is 17.7 Å². The highest BCUT2D eigenvalue weighted by molar-refractivity contribution is 5.97. The monoisotopic (exact) mass is 449 g/mol. The van der Waals surface area contributed by atoms with Crippen LogP contribution in [-0.4, -0.2) is 47.8 Å². The molecule has 1 fully saturated rings. The molecule has 6 nitrogen and oxygen atoms in total. The SMILES string of the molecule is CC(C)[C@@H](C)NC(=O)[C@@H](NC(=O)c1ccccc1)C1CCN(C(=O)Cc2ccccc2)CC1. The molecule has 6 heteroatoms. The summed E-state index contributed by atoms with van der Waals surface area (Å²) in [6, 6.07) is 18.0. The molecule has 3 amide bonds. The molecule has 0 bridgehead atoms. The van der Waals surface area contributed by atoms with E-state index in [1.807, 2.05) is 60.4 Å². The fourth-order valence-electron chi connectivity index (χ4n) is 4.06. The van der Waals surface area contributed by atoms with Gasteiger partial charge in [-0.2, -0.15) is 0 Å². The second kappa shape index (κ2) is 11.6. The van der Waals surface area contributed by atoms with Crippen LogP contribution >= 0.6 is 0 Å². The average Bonchev–Trinajstić information content (AvgIpc) is 2.83. The Morgan fingerprint density at radius 1 is 0.879 bits per heavy atom. The van der Waals surface area contributed by atoms with Crippen LogP contribution < -0.4 is 10.6 Å². The molecular formula is C27H35N3O3. The van der Waals surface area contributed by atoms with Crippen LogP contribution in [0.5, 0.6) is 0 Å². The Kier molecular flexibility index (Phi) is 8.64. The molecule has 0 unspecified atom stereocenters. The number of nitrogens with zero attached hydrogens (tertiary/aromatic N) is 1. The average molecular weight is 450 g/mol. The third-order valence-electron chi connectivity index (χ3n) is 6.54. The Labute approximate surface area is 196 Å². The molecule has 1 saturated heterocycles. The first-order valence-electron chi connectivity index (χ1n) is 11.8. The Hall–Kier alpha value is -3.15. The van der Waals surface area contributed by atoms with Crippen LogP contribution in [0, 0.1) is 11.8 Å². The lowest BCUT2D eigenvalue weighted by atomic mass is 9.88. The fourth-order valence-corrected chi connectivity index (χ4v) is 4.06. The molecule has 1 heterocycles. The van der Waals surface area contributed by atoms with Crippen molar-refractivity contribution in [2.75, 3.05) is 13.1 Å². The van der Waals surface area contributed by atoms with Gasteiger partial charge in [0.1, 0.15) is 6.04 Å². The molecule has 1 aliphatic rings. The zero-order valence-corrected chi connectivity index (χ0v) is 19.8. The molecule has 176 valence electrons. The summed E-state index contributed by atoms with van der Waals surface area (Å²) in [6.45, 7) is 7.25. The highest BCUT2D eigenvalue weighted by atomic mass is 16.2. The summed E-state index contributed by atoms with van der Waals surface area (Å²) in [5.74, 6) is -0.0536. The van der Waals surface area contributed by atoms with Crippen LogP contribution in [0.25, 0.3) is 0 Å². The number of rotatable bonds is 8. The quantitative estimate of drug-likeness (QED) is 0.648. The van der Waals surface area contributed by atoms with Gasteiger partial charge in [-0.1, -0.05) is 62.4 Å². The highest BCUT2D eigenvalue weighted by Crippen LogP contribution is 2.23. The van der Waals surface area contributed by atoms with E-state index < -0.39 is 6.04 Å². The Balaban J connectivity index is 1.65. The maximum absolute atomic E-state index is 13.2. The van der Waals surface area contributed by atoms with Crippen molar-refractivity contribution in [3.8, 4) is 0 Å². The van der Waals surface area contributed by atoms with E-state index in [1.165, 1.54) is 0 Å². The van der Waals surface area contributed by atoms with Gasteiger partial charge in [-0.3, -0.25) is 14.4 Å². The Morgan fingerprint density at radius 2 is 1.45 bits per heavy atom. The summed E-state index contributed by atoms with van der Waals surface area (Å²) in [5, 5.41) is 6.04. The van der Waals surface area contributed by atoms with Gasteiger partial charge >= 0.3 is 0 Å². The van der Waals surface area contributed by atoms with Crippen LogP contribution in [0.15, 0.2) is 60.7 Å². The van der Waals surface area contributed by atoms with Gasteiger partial charge in [-0.15, -0.1) is 0 Å². The van der Waals surface area contributed by atoms with Crippen LogP contribution in [0.4, 0.5) is 0 Å². The number of hydrogen-bond acceptors (Lipinski definition) is 3. The first kappa shape index (κ1) is 24.5. The van der Waals surface area contributed by atoms with Crippen LogP contribution in [0.1, 0.15) is 49.5 Å². The van der Waals surface area contributed by atoms with Gasteiger partial charge in [0.05, 0.1) is 6.42 Å². The van der Waals surface area contributed by atoms with E-state index in [9.17, 15) is 14.4 Å². The maximum atomic E-state index is 13.2. The van der Waals surface area contributed by atoms with Crippen LogP contribution in [0.2, 0.25) is 0 Å². The molecule has 0 saturated carbocycles. The van der Waals surface area contributed by atoms with Gasteiger partial charge in [0.25, 0.3) is 5.91 Å². The number of piperidine rings is 1.